The molecule has 2 aromatic rings. The summed E-state index contributed by atoms with van der Waals surface area (Å²) in [6.07, 6.45) is 0. The van der Waals surface area contributed by atoms with Crippen LogP contribution in [0, 0.1) is 0 Å². The second kappa shape index (κ2) is 7.42. The number of sulfonamides is 1. The first-order valence-electron chi connectivity index (χ1n) is 6.59. The molecule has 0 heterocycles. The standard InChI is InChI=1S/C15H13BrClNO5S/c1-23-14-7-4-11(8-13(14)17)18(9-15(19)20)24(21,22)12-5-2-10(16)3-6-12/h2-8H,9H2,1H3,(H,19,20). The van der Waals surface area contributed by atoms with Crippen LogP contribution < -0.4 is 9.04 Å². The Kier molecular flexibility index (Phi) is 5.74. The number of rotatable bonds is 6. The highest BCUT2D eigenvalue weighted by atomic mass is 79.9. The fourth-order valence-electron chi connectivity index (χ4n) is 1.98. The van der Waals surface area contributed by atoms with Crippen molar-refractivity contribution in [3.05, 3.63) is 52.0 Å². The Bertz CT molecular complexity index is 855. The summed E-state index contributed by atoms with van der Waals surface area (Å²) in [6.45, 7) is -0.735. The van der Waals surface area contributed by atoms with Crippen molar-refractivity contribution >= 4 is 49.2 Å². The molecule has 0 aliphatic carbocycles. The van der Waals surface area contributed by atoms with Crippen LogP contribution in [0.2, 0.25) is 5.02 Å². The second-order valence-electron chi connectivity index (χ2n) is 4.68. The van der Waals surface area contributed by atoms with E-state index in [1.54, 1.807) is 12.1 Å². The van der Waals surface area contributed by atoms with Gasteiger partial charge in [-0.25, -0.2) is 8.42 Å². The molecule has 6 nitrogen and oxygen atoms in total. The maximum Gasteiger partial charge on any atom is 0.324 e. The number of carboxylic acids is 1. The fraction of sp³-hybridized carbons (Fsp3) is 0.133. The molecule has 0 bridgehead atoms. The molecule has 0 saturated heterocycles. The number of ether oxygens (including phenoxy) is 1. The van der Waals surface area contributed by atoms with Gasteiger partial charge in [-0.15, -0.1) is 0 Å². The van der Waals surface area contributed by atoms with E-state index in [4.69, 9.17) is 21.4 Å². The number of halogens is 2. The second-order valence-corrected chi connectivity index (χ2v) is 7.86. The Morgan fingerprint density at radius 2 is 1.88 bits per heavy atom. The number of anilines is 1. The van der Waals surface area contributed by atoms with Crippen LogP contribution in [0.25, 0.3) is 0 Å². The first kappa shape index (κ1) is 18.6. The Labute approximate surface area is 152 Å². The van der Waals surface area contributed by atoms with E-state index in [-0.39, 0.29) is 15.6 Å². The average Bonchev–Trinajstić information content (AvgIpc) is 2.52. The molecule has 0 aliphatic rings. The minimum absolute atomic E-state index is 0.0288. The number of aliphatic carboxylic acids is 1. The molecule has 0 fully saturated rings. The zero-order valence-electron chi connectivity index (χ0n) is 12.4. The lowest BCUT2D eigenvalue weighted by Crippen LogP contribution is -2.35. The van der Waals surface area contributed by atoms with E-state index in [1.807, 2.05) is 0 Å². The molecule has 2 rings (SSSR count). The molecule has 0 amide bonds. The summed E-state index contributed by atoms with van der Waals surface area (Å²) < 4.78 is 32.1. The predicted molar refractivity (Wildman–Crippen MR) is 94.3 cm³/mol. The first-order valence-corrected chi connectivity index (χ1v) is 9.20. The zero-order chi connectivity index (χ0) is 17.9. The lowest BCUT2D eigenvalue weighted by atomic mass is 10.3. The van der Waals surface area contributed by atoms with Gasteiger partial charge in [-0.2, -0.15) is 0 Å². The van der Waals surface area contributed by atoms with Crippen molar-refractivity contribution < 1.29 is 23.1 Å². The fourth-order valence-corrected chi connectivity index (χ4v) is 3.90. The van der Waals surface area contributed by atoms with Gasteiger partial charge in [0.25, 0.3) is 10.0 Å². The maximum atomic E-state index is 12.8. The van der Waals surface area contributed by atoms with E-state index in [1.165, 1.54) is 37.4 Å². The van der Waals surface area contributed by atoms with Gasteiger partial charge in [0, 0.05) is 4.47 Å². The number of hydrogen-bond acceptors (Lipinski definition) is 4. The SMILES string of the molecule is COc1ccc(N(CC(=O)O)S(=O)(=O)c2ccc(Br)cc2)cc1Cl. The molecule has 0 atom stereocenters. The molecule has 0 radical (unpaired) electrons. The highest BCUT2D eigenvalue weighted by Gasteiger charge is 2.27. The van der Waals surface area contributed by atoms with E-state index < -0.39 is 22.5 Å². The van der Waals surface area contributed by atoms with Crippen molar-refractivity contribution in [1.82, 2.24) is 0 Å². The van der Waals surface area contributed by atoms with Crippen LogP contribution in [0.1, 0.15) is 0 Å². The average molecular weight is 435 g/mol. The van der Waals surface area contributed by atoms with Gasteiger partial charge in [-0.3, -0.25) is 9.10 Å². The minimum Gasteiger partial charge on any atom is -0.495 e. The third-order valence-corrected chi connectivity index (χ3v) is 5.72. The van der Waals surface area contributed by atoms with Crippen LogP contribution in [0.5, 0.6) is 5.75 Å². The normalized spacial score (nSPS) is 11.1. The highest BCUT2D eigenvalue weighted by Crippen LogP contribution is 2.32. The quantitative estimate of drug-likeness (QED) is 0.753. The molecule has 24 heavy (non-hydrogen) atoms. The largest absolute Gasteiger partial charge is 0.495 e. The monoisotopic (exact) mass is 433 g/mol. The van der Waals surface area contributed by atoms with Crippen molar-refractivity contribution in [2.24, 2.45) is 0 Å². The van der Waals surface area contributed by atoms with Gasteiger partial charge in [-0.05, 0) is 42.5 Å². The smallest absolute Gasteiger partial charge is 0.324 e. The predicted octanol–water partition coefficient (Wildman–Crippen LogP) is 3.39. The van der Waals surface area contributed by atoms with Crippen molar-refractivity contribution in [2.75, 3.05) is 18.0 Å². The molecule has 0 unspecified atom stereocenters. The van der Waals surface area contributed by atoms with E-state index in [0.717, 1.165) is 4.31 Å². The highest BCUT2D eigenvalue weighted by molar-refractivity contribution is 9.10. The summed E-state index contributed by atoms with van der Waals surface area (Å²) in [5.74, 6) is -0.931. The topological polar surface area (TPSA) is 83.9 Å². The Balaban J connectivity index is 2.54. The molecule has 0 aromatic heterocycles. The van der Waals surface area contributed by atoms with Crippen molar-refractivity contribution in [1.29, 1.82) is 0 Å². The molecule has 2 aromatic carbocycles. The number of hydrogen-bond donors (Lipinski definition) is 1. The lowest BCUT2D eigenvalue weighted by Gasteiger charge is -2.23. The maximum absolute atomic E-state index is 12.8. The number of nitrogens with zero attached hydrogens (tertiary/aromatic N) is 1. The van der Waals surface area contributed by atoms with E-state index >= 15 is 0 Å². The summed E-state index contributed by atoms with van der Waals surface area (Å²) in [6, 6.07) is 10.2. The molecule has 128 valence electrons. The zero-order valence-corrected chi connectivity index (χ0v) is 15.6. The van der Waals surface area contributed by atoms with Gasteiger partial charge in [0.15, 0.2) is 0 Å². The number of carbonyl (C=O) groups is 1. The summed E-state index contributed by atoms with van der Waals surface area (Å²) in [7, 11) is -2.64. The molecule has 0 spiro atoms. The molecule has 0 aliphatic heterocycles. The van der Waals surface area contributed by atoms with Gasteiger partial charge in [0.05, 0.1) is 22.7 Å². The number of benzene rings is 2. The van der Waals surface area contributed by atoms with Crippen LogP contribution in [0.4, 0.5) is 5.69 Å². The van der Waals surface area contributed by atoms with Gasteiger partial charge >= 0.3 is 5.97 Å². The summed E-state index contributed by atoms with van der Waals surface area (Å²) >= 11 is 9.25. The molecule has 1 N–H and O–H groups in total. The van der Waals surface area contributed by atoms with Crippen LogP contribution in [0.3, 0.4) is 0 Å². The third kappa shape index (κ3) is 4.00. The van der Waals surface area contributed by atoms with Gasteiger partial charge in [0.1, 0.15) is 12.3 Å². The molecular weight excluding hydrogens is 422 g/mol. The van der Waals surface area contributed by atoms with Crippen LogP contribution in [0.15, 0.2) is 51.8 Å². The first-order chi connectivity index (χ1) is 11.3. The summed E-state index contributed by atoms with van der Waals surface area (Å²) in [5.41, 5.74) is 0.131. The lowest BCUT2D eigenvalue weighted by molar-refractivity contribution is -0.135. The molecular formula is C15H13BrClNO5S. The van der Waals surface area contributed by atoms with Crippen LogP contribution in [-0.2, 0) is 14.8 Å². The Morgan fingerprint density at radius 3 is 2.38 bits per heavy atom. The van der Waals surface area contributed by atoms with Crippen molar-refractivity contribution in [2.45, 2.75) is 4.90 Å². The van der Waals surface area contributed by atoms with E-state index in [2.05, 4.69) is 15.9 Å². The summed E-state index contributed by atoms with van der Waals surface area (Å²) in [5, 5.41) is 9.28. The molecule has 9 heteroatoms. The molecule has 0 saturated carbocycles. The van der Waals surface area contributed by atoms with Crippen LogP contribution >= 0.6 is 27.5 Å². The minimum atomic E-state index is -4.07. The number of methoxy groups -OCH3 is 1. The van der Waals surface area contributed by atoms with Gasteiger partial charge in [-0.1, -0.05) is 27.5 Å². The summed E-state index contributed by atoms with van der Waals surface area (Å²) in [4.78, 5) is 11.1. The van der Waals surface area contributed by atoms with Gasteiger partial charge < -0.3 is 9.84 Å². The van der Waals surface area contributed by atoms with E-state index in [0.29, 0.717) is 10.2 Å². The van der Waals surface area contributed by atoms with Crippen LogP contribution in [-0.4, -0.2) is 33.1 Å². The Morgan fingerprint density at radius 1 is 1.25 bits per heavy atom. The van der Waals surface area contributed by atoms with E-state index in [9.17, 15) is 13.2 Å². The number of carboxylic acid groups (broad SMARTS) is 1. The Hall–Kier alpha value is -1.77. The van der Waals surface area contributed by atoms with Gasteiger partial charge in [0.2, 0.25) is 0 Å². The third-order valence-electron chi connectivity index (χ3n) is 3.10. The van der Waals surface area contributed by atoms with Crippen molar-refractivity contribution in [3.8, 4) is 5.75 Å². The van der Waals surface area contributed by atoms with Crippen molar-refractivity contribution in [3.63, 3.8) is 0 Å².